The molecule has 1 saturated heterocycles. The number of hydrogen-bond acceptors (Lipinski definition) is 5. The smallest absolute Gasteiger partial charge is 0.235 e. The van der Waals surface area contributed by atoms with E-state index in [1.807, 2.05) is 31.2 Å². The van der Waals surface area contributed by atoms with Crippen LogP contribution in [-0.2, 0) is 0 Å². The van der Waals surface area contributed by atoms with Crippen LogP contribution in [0.15, 0.2) is 41.1 Å². The van der Waals surface area contributed by atoms with Gasteiger partial charge in [0.2, 0.25) is 5.89 Å². The first kappa shape index (κ1) is 13.9. The summed E-state index contributed by atoms with van der Waals surface area (Å²) in [6, 6.07) is 7.72. The van der Waals surface area contributed by atoms with E-state index in [4.69, 9.17) is 13.9 Å². The van der Waals surface area contributed by atoms with Gasteiger partial charge in [-0.3, -0.25) is 0 Å². The van der Waals surface area contributed by atoms with Gasteiger partial charge >= 0.3 is 0 Å². The third-order valence-corrected chi connectivity index (χ3v) is 3.62. The molecule has 5 heteroatoms. The average molecular weight is 288 g/mol. The molecule has 0 spiro atoms. The van der Waals surface area contributed by atoms with Crippen LogP contribution in [0, 0.1) is 5.92 Å². The fourth-order valence-corrected chi connectivity index (χ4v) is 2.62. The quantitative estimate of drug-likeness (QED) is 0.885. The molecule has 0 bridgehead atoms. The first-order valence-corrected chi connectivity index (χ1v) is 7.37. The summed E-state index contributed by atoms with van der Waals surface area (Å²) in [5.74, 6) is 2.45. The number of oxazole rings is 1. The molecule has 1 aliphatic heterocycles. The first-order valence-electron chi connectivity index (χ1n) is 7.37. The summed E-state index contributed by atoms with van der Waals surface area (Å²) in [4.78, 5) is 4.27. The van der Waals surface area contributed by atoms with Gasteiger partial charge < -0.3 is 19.2 Å². The molecule has 0 radical (unpaired) electrons. The average Bonchev–Trinajstić information content (AvgIpc) is 3.20. The SMILES string of the molecule is CCOc1ccccc1OC(c1ncco1)[C@H]1CCNC1. The summed E-state index contributed by atoms with van der Waals surface area (Å²) in [6.07, 6.45) is 4.09. The fraction of sp³-hybridized carbons (Fsp3) is 0.438. The molecule has 1 aromatic carbocycles. The van der Waals surface area contributed by atoms with E-state index < -0.39 is 0 Å². The second-order valence-corrected chi connectivity index (χ2v) is 5.04. The van der Waals surface area contributed by atoms with Crippen molar-refractivity contribution in [3.05, 3.63) is 42.6 Å². The Bertz CT molecular complexity index is 550. The minimum atomic E-state index is -0.198. The number of rotatable bonds is 6. The van der Waals surface area contributed by atoms with Crippen molar-refractivity contribution in [2.24, 2.45) is 5.92 Å². The zero-order valence-electron chi connectivity index (χ0n) is 12.1. The lowest BCUT2D eigenvalue weighted by atomic mass is 10.0. The number of para-hydroxylation sites is 2. The molecule has 1 aliphatic rings. The maximum Gasteiger partial charge on any atom is 0.235 e. The molecule has 5 nitrogen and oxygen atoms in total. The number of hydrogen-bond donors (Lipinski definition) is 1. The van der Waals surface area contributed by atoms with Crippen molar-refractivity contribution < 1.29 is 13.9 Å². The van der Waals surface area contributed by atoms with Gasteiger partial charge in [0.15, 0.2) is 17.6 Å². The van der Waals surface area contributed by atoms with E-state index in [2.05, 4.69) is 10.3 Å². The normalized spacial score (nSPS) is 19.4. The van der Waals surface area contributed by atoms with Crippen molar-refractivity contribution in [1.29, 1.82) is 0 Å². The Balaban J connectivity index is 1.84. The van der Waals surface area contributed by atoms with Crippen LogP contribution in [0.1, 0.15) is 25.3 Å². The second kappa shape index (κ2) is 6.63. The predicted molar refractivity (Wildman–Crippen MR) is 78.5 cm³/mol. The highest BCUT2D eigenvalue weighted by atomic mass is 16.5. The van der Waals surface area contributed by atoms with Gasteiger partial charge in [-0.25, -0.2) is 4.98 Å². The topological polar surface area (TPSA) is 56.5 Å². The van der Waals surface area contributed by atoms with Gasteiger partial charge in [-0.2, -0.15) is 0 Å². The number of nitrogens with zero attached hydrogens (tertiary/aromatic N) is 1. The zero-order chi connectivity index (χ0) is 14.5. The van der Waals surface area contributed by atoms with E-state index in [-0.39, 0.29) is 6.10 Å². The molecule has 3 rings (SSSR count). The Morgan fingerprint density at radius 3 is 2.90 bits per heavy atom. The van der Waals surface area contributed by atoms with Crippen LogP contribution in [0.4, 0.5) is 0 Å². The van der Waals surface area contributed by atoms with Gasteiger partial charge in [0.1, 0.15) is 6.26 Å². The minimum absolute atomic E-state index is 0.198. The van der Waals surface area contributed by atoms with Crippen LogP contribution in [-0.4, -0.2) is 24.7 Å². The lowest BCUT2D eigenvalue weighted by molar-refractivity contribution is 0.109. The molecule has 21 heavy (non-hydrogen) atoms. The predicted octanol–water partition coefficient (Wildman–Crippen LogP) is 2.80. The third kappa shape index (κ3) is 3.19. The Kier molecular flexibility index (Phi) is 4.40. The van der Waals surface area contributed by atoms with Crippen LogP contribution in [0.2, 0.25) is 0 Å². The highest BCUT2D eigenvalue weighted by molar-refractivity contribution is 5.39. The summed E-state index contributed by atoms with van der Waals surface area (Å²) >= 11 is 0. The summed E-state index contributed by atoms with van der Waals surface area (Å²) < 4.78 is 17.3. The van der Waals surface area contributed by atoms with Crippen LogP contribution in [0.5, 0.6) is 11.5 Å². The van der Waals surface area contributed by atoms with Gasteiger partial charge in [0, 0.05) is 12.5 Å². The van der Waals surface area contributed by atoms with E-state index in [1.165, 1.54) is 0 Å². The molecule has 1 unspecified atom stereocenters. The molecular weight excluding hydrogens is 268 g/mol. The van der Waals surface area contributed by atoms with Crippen molar-refractivity contribution in [3.8, 4) is 11.5 Å². The van der Waals surface area contributed by atoms with Crippen molar-refractivity contribution in [3.63, 3.8) is 0 Å². The number of aromatic nitrogens is 1. The highest BCUT2D eigenvalue weighted by Gasteiger charge is 2.31. The molecule has 0 amide bonds. The number of benzene rings is 1. The molecule has 2 aromatic rings. The van der Waals surface area contributed by atoms with Crippen molar-refractivity contribution >= 4 is 0 Å². The van der Waals surface area contributed by atoms with Gasteiger partial charge in [0.25, 0.3) is 0 Å². The monoisotopic (exact) mass is 288 g/mol. The molecule has 1 fully saturated rings. The van der Waals surface area contributed by atoms with Crippen molar-refractivity contribution in [2.75, 3.05) is 19.7 Å². The summed E-state index contributed by atoms with van der Waals surface area (Å²) in [5, 5.41) is 3.36. The molecule has 112 valence electrons. The molecule has 0 saturated carbocycles. The Hall–Kier alpha value is -2.01. The maximum absolute atomic E-state index is 6.21. The Morgan fingerprint density at radius 1 is 1.38 bits per heavy atom. The van der Waals surface area contributed by atoms with Crippen LogP contribution < -0.4 is 14.8 Å². The fourth-order valence-electron chi connectivity index (χ4n) is 2.62. The van der Waals surface area contributed by atoms with Crippen molar-refractivity contribution in [1.82, 2.24) is 10.3 Å². The van der Waals surface area contributed by atoms with E-state index in [0.29, 0.717) is 18.4 Å². The number of ether oxygens (including phenoxy) is 2. The van der Waals surface area contributed by atoms with Gasteiger partial charge in [-0.05, 0) is 32.0 Å². The van der Waals surface area contributed by atoms with Crippen molar-refractivity contribution in [2.45, 2.75) is 19.4 Å². The summed E-state index contributed by atoms with van der Waals surface area (Å²) in [6.45, 7) is 4.47. The van der Waals surface area contributed by atoms with Gasteiger partial charge in [-0.15, -0.1) is 0 Å². The first-order chi connectivity index (χ1) is 10.4. The molecule has 2 atom stereocenters. The van der Waals surface area contributed by atoms with E-state index in [0.717, 1.165) is 31.0 Å². The molecule has 1 N–H and O–H groups in total. The standard InChI is InChI=1S/C16H20N2O3/c1-2-19-13-5-3-4-6-14(13)21-15(12-7-8-17-11-12)16-18-9-10-20-16/h3-6,9-10,12,15,17H,2,7-8,11H2,1H3/t12-,15?/m0/s1. The lowest BCUT2D eigenvalue weighted by Crippen LogP contribution is -2.22. The Morgan fingerprint density at radius 2 is 2.24 bits per heavy atom. The van der Waals surface area contributed by atoms with Crippen LogP contribution >= 0.6 is 0 Å². The summed E-state index contributed by atoms with van der Waals surface area (Å²) in [5.41, 5.74) is 0. The van der Waals surface area contributed by atoms with Crippen LogP contribution in [0.3, 0.4) is 0 Å². The number of nitrogens with one attached hydrogen (secondary N) is 1. The molecule has 2 heterocycles. The van der Waals surface area contributed by atoms with E-state index in [1.54, 1.807) is 12.5 Å². The highest BCUT2D eigenvalue weighted by Crippen LogP contribution is 2.35. The minimum Gasteiger partial charge on any atom is -0.490 e. The molecular formula is C16H20N2O3. The molecule has 0 aliphatic carbocycles. The van der Waals surface area contributed by atoms with E-state index in [9.17, 15) is 0 Å². The third-order valence-electron chi connectivity index (χ3n) is 3.62. The van der Waals surface area contributed by atoms with Gasteiger partial charge in [0.05, 0.1) is 12.8 Å². The maximum atomic E-state index is 6.21. The van der Waals surface area contributed by atoms with Gasteiger partial charge in [-0.1, -0.05) is 12.1 Å². The molecule has 1 aromatic heterocycles. The Labute approximate surface area is 124 Å². The summed E-state index contributed by atoms with van der Waals surface area (Å²) in [7, 11) is 0. The second-order valence-electron chi connectivity index (χ2n) is 5.04. The van der Waals surface area contributed by atoms with E-state index >= 15 is 0 Å². The largest absolute Gasteiger partial charge is 0.490 e. The zero-order valence-corrected chi connectivity index (χ0v) is 12.1. The lowest BCUT2D eigenvalue weighted by Gasteiger charge is -2.22. The van der Waals surface area contributed by atoms with Crippen LogP contribution in [0.25, 0.3) is 0 Å².